The number of urea groups is 1. The zero-order chi connectivity index (χ0) is 17.8. The predicted molar refractivity (Wildman–Crippen MR) is 103 cm³/mol. The number of carbonyl (C=O) groups is 1. The third-order valence-electron chi connectivity index (χ3n) is 3.88. The maximum absolute atomic E-state index is 12.1. The number of hydrogen-bond donors (Lipinski definition) is 2. The molecule has 0 saturated carbocycles. The van der Waals surface area contributed by atoms with Crippen molar-refractivity contribution >= 4 is 28.2 Å². The third kappa shape index (κ3) is 4.16. The average molecular weight is 353 g/mol. The number of anilines is 2. The number of rotatable bonds is 4. The van der Waals surface area contributed by atoms with Gasteiger partial charge in [0.05, 0.1) is 12.8 Å². The molecule has 0 aliphatic rings. The van der Waals surface area contributed by atoms with Crippen molar-refractivity contribution in [3.8, 4) is 17.0 Å². The number of aromatic nitrogens is 1. The highest BCUT2D eigenvalue weighted by Crippen LogP contribution is 2.26. The van der Waals surface area contributed by atoms with Crippen LogP contribution in [0.1, 0.15) is 11.1 Å². The lowest BCUT2D eigenvalue weighted by Crippen LogP contribution is -2.19. The first kappa shape index (κ1) is 17.0. The maximum atomic E-state index is 12.1. The minimum atomic E-state index is -0.307. The van der Waals surface area contributed by atoms with Gasteiger partial charge in [-0.25, -0.2) is 9.78 Å². The van der Waals surface area contributed by atoms with Crippen LogP contribution in [0.5, 0.6) is 5.75 Å². The normalized spacial score (nSPS) is 10.4. The number of ether oxygens (including phenoxy) is 1. The molecule has 0 aliphatic heterocycles. The van der Waals surface area contributed by atoms with Crippen molar-refractivity contribution < 1.29 is 9.53 Å². The molecule has 2 N–H and O–H groups in total. The molecule has 5 nitrogen and oxygen atoms in total. The van der Waals surface area contributed by atoms with Gasteiger partial charge >= 0.3 is 6.03 Å². The van der Waals surface area contributed by atoms with E-state index in [2.05, 4.69) is 15.6 Å². The number of nitrogens with zero attached hydrogens (tertiary/aromatic N) is 1. The molecule has 1 aromatic heterocycles. The minimum absolute atomic E-state index is 0.307. The van der Waals surface area contributed by atoms with Crippen LogP contribution in [0.3, 0.4) is 0 Å². The summed E-state index contributed by atoms with van der Waals surface area (Å²) in [7, 11) is 1.63. The van der Waals surface area contributed by atoms with Crippen LogP contribution >= 0.6 is 11.3 Å². The topological polar surface area (TPSA) is 63.2 Å². The lowest BCUT2D eigenvalue weighted by Gasteiger charge is -2.07. The van der Waals surface area contributed by atoms with Gasteiger partial charge in [0.25, 0.3) is 0 Å². The van der Waals surface area contributed by atoms with Gasteiger partial charge in [0.15, 0.2) is 5.13 Å². The van der Waals surface area contributed by atoms with Crippen molar-refractivity contribution in [3.05, 3.63) is 59.0 Å². The van der Waals surface area contributed by atoms with Crippen molar-refractivity contribution in [1.82, 2.24) is 4.98 Å². The van der Waals surface area contributed by atoms with Crippen LogP contribution < -0.4 is 15.4 Å². The van der Waals surface area contributed by atoms with E-state index < -0.39 is 0 Å². The van der Waals surface area contributed by atoms with Crippen molar-refractivity contribution in [3.63, 3.8) is 0 Å². The number of thiazole rings is 1. The van der Waals surface area contributed by atoms with Gasteiger partial charge in [-0.1, -0.05) is 6.07 Å². The Bertz CT molecular complexity index is 888. The molecule has 25 heavy (non-hydrogen) atoms. The van der Waals surface area contributed by atoms with E-state index in [4.69, 9.17) is 4.74 Å². The van der Waals surface area contributed by atoms with Gasteiger partial charge in [0, 0.05) is 16.6 Å². The van der Waals surface area contributed by atoms with Gasteiger partial charge in [-0.05, 0) is 61.4 Å². The molecule has 3 aromatic rings. The summed E-state index contributed by atoms with van der Waals surface area (Å²) in [5.74, 6) is 0.796. The van der Waals surface area contributed by atoms with Crippen molar-refractivity contribution in [2.75, 3.05) is 17.7 Å². The smallest absolute Gasteiger partial charge is 0.325 e. The molecule has 1 heterocycles. The second kappa shape index (κ2) is 7.36. The van der Waals surface area contributed by atoms with E-state index in [-0.39, 0.29) is 6.03 Å². The maximum Gasteiger partial charge on any atom is 0.325 e. The lowest BCUT2D eigenvalue weighted by molar-refractivity contribution is 0.262. The molecular formula is C19H19N3O2S. The average Bonchev–Trinajstić information content (AvgIpc) is 3.06. The van der Waals surface area contributed by atoms with Crippen LogP contribution in [0.4, 0.5) is 15.6 Å². The molecule has 2 aromatic carbocycles. The van der Waals surface area contributed by atoms with Crippen LogP contribution in [0.25, 0.3) is 11.3 Å². The number of nitrogens with one attached hydrogen (secondary N) is 2. The van der Waals surface area contributed by atoms with Gasteiger partial charge in [0.2, 0.25) is 0 Å². The molecule has 0 unspecified atom stereocenters. The van der Waals surface area contributed by atoms with Gasteiger partial charge in [0.1, 0.15) is 5.75 Å². The summed E-state index contributed by atoms with van der Waals surface area (Å²) >= 11 is 1.38. The SMILES string of the molecule is COc1ccc(-c2csc(NC(=O)Nc3ccc(C)c(C)c3)n2)cc1. The summed E-state index contributed by atoms with van der Waals surface area (Å²) < 4.78 is 5.15. The molecule has 2 amide bonds. The molecule has 0 atom stereocenters. The van der Waals surface area contributed by atoms with Crippen molar-refractivity contribution in [1.29, 1.82) is 0 Å². The second-order valence-electron chi connectivity index (χ2n) is 5.64. The van der Waals surface area contributed by atoms with Gasteiger partial charge < -0.3 is 10.1 Å². The Morgan fingerprint density at radius 1 is 1.04 bits per heavy atom. The Balaban J connectivity index is 1.65. The van der Waals surface area contributed by atoms with E-state index in [0.29, 0.717) is 5.13 Å². The fourth-order valence-electron chi connectivity index (χ4n) is 2.30. The fourth-order valence-corrected chi connectivity index (χ4v) is 3.02. The zero-order valence-corrected chi connectivity index (χ0v) is 15.1. The molecule has 0 aliphatic carbocycles. The number of methoxy groups -OCH3 is 1. The van der Waals surface area contributed by atoms with Gasteiger partial charge in [-0.15, -0.1) is 11.3 Å². The Morgan fingerprint density at radius 3 is 2.48 bits per heavy atom. The molecule has 3 rings (SSSR count). The summed E-state index contributed by atoms with van der Waals surface area (Å²) in [6, 6.07) is 13.1. The molecule has 128 valence electrons. The van der Waals surface area contributed by atoms with Crippen LogP contribution in [-0.4, -0.2) is 18.1 Å². The first-order valence-corrected chi connectivity index (χ1v) is 8.68. The largest absolute Gasteiger partial charge is 0.497 e. The summed E-state index contributed by atoms with van der Waals surface area (Å²) in [4.78, 5) is 16.6. The number of carbonyl (C=O) groups excluding carboxylic acids is 1. The highest BCUT2D eigenvalue weighted by atomic mass is 32.1. The van der Waals surface area contributed by atoms with Crippen LogP contribution in [0.2, 0.25) is 0 Å². The van der Waals surface area contributed by atoms with E-state index in [1.807, 2.05) is 61.7 Å². The monoisotopic (exact) mass is 353 g/mol. The molecule has 0 fully saturated rings. The van der Waals surface area contributed by atoms with E-state index in [9.17, 15) is 4.79 Å². The van der Waals surface area contributed by atoms with Gasteiger partial charge in [-0.2, -0.15) is 0 Å². The molecule has 0 spiro atoms. The Kier molecular flexibility index (Phi) is 5.00. The fraction of sp³-hybridized carbons (Fsp3) is 0.158. The van der Waals surface area contributed by atoms with E-state index in [0.717, 1.165) is 28.3 Å². The predicted octanol–water partition coefficient (Wildman–Crippen LogP) is 5.08. The zero-order valence-electron chi connectivity index (χ0n) is 14.3. The van der Waals surface area contributed by atoms with Crippen molar-refractivity contribution in [2.24, 2.45) is 0 Å². The summed E-state index contributed by atoms with van der Waals surface area (Å²) in [5.41, 5.74) is 4.87. The molecule has 0 saturated heterocycles. The number of benzene rings is 2. The summed E-state index contributed by atoms with van der Waals surface area (Å²) in [5, 5.41) is 8.05. The highest BCUT2D eigenvalue weighted by Gasteiger charge is 2.09. The van der Waals surface area contributed by atoms with Gasteiger partial charge in [-0.3, -0.25) is 5.32 Å². The number of amides is 2. The standard InChI is InChI=1S/C19H19N3O2S/c1-12-4-7-15(10-13(12)2)20-18(23)22-19-21-17(11-25-19)14-5-8-16(24-3)9-6-14/h4-11H,1-3H3,(H2,20,21,22,23). The quantitative estimate of drug-likeness (QED) is 0.687. The van der Waals surface area contributed by atoms with Crippen LogP contribution in [0, 0.1) is 13.8 Å². The second-order valence-corrected chi connectivity index (χ2v) is 6.50. The number of aryl methyl sites for hydroxylation is 2. The Morgan fingerprint density at radius 2 is 1.80 bits per heavy atom. The Labute approximate surface area is 150 Å². The highest BCUT2D eigenvalue weighted by molar-refractivity contribution is 7.14. The molecule has 6 heteroatoms. The molecular weight excluding hydrogens is 334 g/mol. The lowest BCUT2D eigenvalue weighted by atomic mass is 10.1. The number of hydrogen-bond acceptors (Lipinski definition) is 4. The van der Waals surface area contributed by atoms with Crippen LogP contribution in [-0.2, 0) is 0 Å². The third-order valence-corrected chi connectivity index (χ3v) is 4.63. The molecule has 0 radical (unpaired) electrons. The molecule has 0 bridgehead atoms. The summed E-state index contributed by atoms with van der Waals surface area (Å²) in [6.07, 6.45) is 0. The van der Waals surface area contributed by atoms with E-state index in [1.54, 1.807) is 7.11 Å². The Hall–Kier alpha value is -2.86. The van der Waals surface area contributed by atoms with Crippen LogP contribution in [0.15, 0.2) is 47.8 Å². The van der Waals surface area contributed by atoms with E-state index >= 15 is 0 Å². The van der Waals surface area contributed by atoms with E-state index in [1.165, 1.54) is 16.9 Å². The first-order chi connectivity index (χ1) is 12.0. The first-order valence-electron chi connectivity index (χ1n) is 7.80. The van der Waals surface area contributed by atoms with Crippen molar-refractivity contribution in [2.45, 2.75) is 13.8 Å². The minimum Gasteiger partial charge on any atom is -0.497 e. The summed E-state index contributed by atoms with van der Waals surface area (Å²) in [6.45, 7) is 4.05.